The highest BCUT2D eigenvalue weighted by atomic mass is 19.4. The molecule has 0 saturated carbocycles. The Bertz CT molecular complexity index is 702. The minimum atomic E-state index is -4.35. The van der Waals surface area contributed by atoms with Gasteiger partial charge in [0.15, 0.2) is 11.8 Å². The van der Waals surface area contributed by atoms with E-state index in [9.17, 15) is 13.2 Å². The summed E-state index contributed by atoms with van der Waals surface area (Å²) in [5.41, 5.74) is 0.616. The van der Waals surface area contributed by atoms with Crippen molar-refractivity contribution in [1.29, 1.82) is 0 Å². The predicted octanol–water partition coefficient (Wildman–Crippen LogP) is 1.69. The molecule has 0 fully saturated rings. The molecule has 9 heteroatoms. The Morgan fingerprint density at radius 2 is 2.14 bits per heavy atom. The minimum Gasteiger partial charge on any atom is -0.369 e. The van der Waals surface area contributed by atoms with Gasteiger partial charge in [0.05, 0.1) is 12.9 Å². The van der Waals surface area contributed by atoms with Crippen molar-refractivity contribution in [3.63, 3.8) is 0 Å². The number of fused-ring (bicyclic) bond motifs is 1. The van der Waals surface area contributed by atoms with E-state index in [4.69, 9.17) is 0 Å². The summed E-state index contributed by atoms with van der Waals surface area (Å²) in [4.78, 5) is 14.0. The first kappa shape index (κ1) is 15.9. The summed E-state index contributed by atoms with van der Waals surface area (Å²) < 4.78 is 40.7. The fraction of sp³-hybridized carbons (Fsp3) is 0.385. The van der Waals surface area contributed by atoms with Crippen molar-refractivity contribution in [3.05, 3.63) is 25.3 Å². The number of aromatic nitrogens is 4. The van der Waals surface area contributed by atoms with Gasteiger partial charge in [-0.2, -0.15) is 13.2 Å². The number of hydrogen-bond acceptors (Lipinski definition) is 3. The molecule has 0 amide bonds. The molecule has 2 aromatic heterocycles. The summed E-state index contributed by atoms with van der Waals surface area (Å²) in [5.74, 6) is 0.186. The van der Waals surface area contributed by atoms with Crippen LogP contribution in [0.15, 0.2) is 30.3 Å². The van der Waals surface area contributed by atoms with Crippen LogP contribution >= 0.6 is 0 Å². The average molecular weight is 313 g/mol. The van der Waals surface area contributed by atoms with Crippen LogP contribution in [0.1, 0.15) is 0 Å². The zero-order chi connectivity index (χ0) is 16.3. The van der Waals surface area contributed by atoms with Gasteiger partial charge in [0.2, 0.25) is 6.33 Å². The zero-order valence-electron chi connectivity index (χ0n) is 12.2. The maximum Gasteiger partial charge on any atom is 0.406 e. The third kappa shape index (κ3) is 3.60. The third-order valence-electron chi connectivity index (χ3n) is 2.71. The van der Waals surface area contributed by atoms with Crippen LogP contribution in [0.2, 0.25) is 0 Å². The Morgan fingerprint density at radius 1 is 1.41 bits per heavy atom. The van der Waals surface area contributed by atoms with Gasteiger partial charge in [-0.05, 0) is 0 Å². The number of imidazole rings is 1. The Kier molecular flexibility index (Phi) is 4.43. The van der Waals surface area contributed by atoms with Gasteiger partial charge in [-0.15, -0.1) is 0 Å². The molecule has 2 heterocycles. The molecule has 0 aliphatic heterocycles. The second-order valence-electron chi connectivity index (χ2n) is 4.88. The molecule has 0 atom stereocenters. The lowest BCUT2D eigenvalue weighted by Crippen LogP contribution is -2.34. The van der Waals surface area contributed by atoms with Crippen LogP contribution in [-0.2, 0) is 13.1 Å². The summed E-state index contributed by atoms with van der Waals surface area (Å²) in [5, 5.41) is 0. The standard InChI is InChI=1S/C13H16F3N6/c1-4-5-21-8-18-11(17-7-20(2)3)10-12(21)19-9-22(10)6-13(14,15)16/h4,7-9H,1,5-6H2,2-3H3/q+1. The number of nitrogens with zero attached hydrogens (tertiary/aromatic N) is 6. The van der Waals surface area contributed by atoms with Gasteiger partial charge < -0.3 is 4.90 Å². The van der Waals surface area contributed by atoms with E-state index in [0.717, 1.165) is 10.9 Å². The van der Waals surface area contributed by atoms with Crippen molar-refractivity contribution < 1.29 is 17.7 Å². The number of allylic oxidation sites excluding steroid dienone is 1. The zero-order valence-corrected chi connectivity index (χ0v) is 12.2. The maximum atomic E-state index is 12.7. The summed E-state index contributed by atoms with van der Waals surface area (Å²) in [6.45, 7) is 2.86. The molecule has 0 bridgehead atoms. The van der Waals surface area contributed by atoms with Gasteiger partial charge in [0.25, 0.3) is 11.5 Å². The van der Waals surface area contributed by atoms with E-state index in [2.05, 4.69) is 21.5 Å². The summed E-state index contributed by atoms with van der Waals surface area (Å²) in [6, 6.07) is 0. The largest absolute Gasteiger partial charge is 0.406 e. The molecular weight excluding hydrogens is 297 g/mol. The molecule has 0 aromatic carbocycles. The second-order valence-corrected chi connectivity index (χ2v) is 4.88. The lowest BCUT2D eigenvalue weighted by atomic mass is 10.4. The molecule has 2 rings (SSSR count). The fourth-order valence-electron chi connectivity index (χ4n) is 1.90. The Morgan fingerprint density at radius 3 is 2.73 bits per heavy atom. The van der Waals surface area contributed by atoms with Gasteiger partial charge in [0.1, 0.15) is 6.54 Å². The van der Waals surface area contributed by atoms with E-state index in [1.165, 1.54) is 12.7 Å². The number of rotatable bonds is 5. The SMILES string of the molecule is C=CC[n+]1cnc(/N=C/N(C)C)c2c1ncn2CC(F)(F)F. The lowest BCUT2D eigenvalue weighted by Gasteiger charge is -2.08. The Balaban J connectivity index is 2.61. The van der Waals surface area contributed by atoms with E-state index in [-0.39, 0.29) is 11.3 Å². The third-order valence-corrected chi connectivity index (χ3v) is 2.71. The van der Waals surface area contributed by atoms with Crippen LogP contribution in [0, 0.1) is 0 Å². The van der Waals surface area contributed by atoms with Crippen molar-refractivity contribution in [2.24, 2.45) is 4.99 Å². The van der Waals surface area contributed by atoms with Gasteiger partial charge in [-0.1, -0.05) is 22.6 Å². The molecule has 0 radical (unpaired) electrons. The van der Waals surface area contributed by atoms with Gasteiger partial charge in [-0.25, -0.2) is 9.56 Å². The highest BCUT2D eigenvalue weighted by Crippen LogP contribution is 2.24. The van der Waals surface area contributed by atoms with Crippen molar-refractivity contribution in [3.8, 4) is 0 Å². The number of aliphatic imine (C=N–C) groups is 1. The van der Waals surface area contributed by atoms with Gasteiger partial charge in [-0.3, -0.25) is 4.57 Å². The monoisotopic (exact) mass is 313 g/mol. The van der Waals surface area contributed by atoms with E-state index in [1.54, 1.807) is 29.6 Å². The van der Waals surface area contributed by atoms with Crippen LogP contribution < -0.4 is 4.57 Å². The van der Waals surface area contributed by atoms with Crippen LogP contribution in [0.25, 0.3) is 11.2 Å². The van der Waals surface area contributed by atoms with E-state index >= 15 is 0 Å². The van der Waals surface area contributed by atoms with Crippen LogP contribution in [0.4, 0.5) is 19.0 Å². The summed E-state index contributed by atoms with van der Waals surface area (Å²) in [6.07, 6.45) is 1.37. The van der Waals surface area contributed by atoms with Crippen molar-refractivity contribution in [2.45, 2.75) is 19.3 Å². The first-order valence-electron chi connectivity index (χ1n) is 6.43. The molecule has 6 nitrogen and oxygen atoms in total. The molecule has 0 spiro atoms. The molecule has 0 aliphatic carbocycles. The van der Waals surface area contributed by atoms with Crippen LogP contribution in [0.5, 0.6) is 0 Å². The first-order chi connectivity index (χ1) is 10.3. The molecule has 0 aliphatic rings. The summed E-state index contributed by atoms with van der Waals surface area (Å²) in [7, 11) is 3.52. The van der Waals surface area contributed by atoms with Crippen molar-refractivity contribution in [2.75, 3.05) is 14.1 Å². The van der Waals surface area contributed by atoms with Crippen molar-refractivity contribution >= 4 is 23.3 Å². The number of halogens is 3. The molecule has 22 heavy (non-hydrogen) atoms. The minimum absolute atomic E-state index is 0.186. The normalized spacial score (nSPS) is 12.2. The van der Waals surface area contributed by atoms with Crippen molar-refractivity contribution in [1.82, 2.24) is 19.4 Å². The molecule has 0 saturated heterocycles. The van der Waals surface area contributed by atoms with Crippen LogP contribution in [-0.4, -0.2) is 46.0 Å². The Hall–Kier alpha value is -2.45. The van der Waals surface area contributed by atoms with Gasteiger partial charge in [0, 0.05) is 14.1 Å². The Labute approximate surface area is 125 Å². The maximum absolute atomic E-state index is 12.7. The van der Waals surface area contributed by atoms with E-state index in [1.807, 2.05) is 0 Å². The molecule has 0 N–H and O–H groups in total. The molecule has 0 unspecified atom stereocenters. The molecular formula is C13H16F3N6+. The van der Waals surface area contributed by atoms with Crippen LogP contribution in [0.3, 0.4) is 0 Å². The average Bonchev–Trinajstić information content (AvgIpc) is 2.80. The second kappa shape index (κ2) is 6.12. The van der Waals surface area contributed by atoms with E-state index < -0.39 is 12.7 Å². The highest BCUT2D eigenvalue weighted by Gasteiger charge is 2.31. The first-order valence-corrected chi connectivity index (χ1v) is 6.43. The predicted molar refractivity (Wildman–Crippen MR) is 75.8 cm³/mol. The lowest BCUT2D eigenvalue weighted by molar-refractivity contribution is -0.665. The topological polar surface area (TPSA) is 50.2 Å². The molecule has 2 aromatic rings. The smallest absolute Gasteiger partial charge is 0.369 e. The van der Waals surface area contributed by atoms with Gasteiger partial charge >= 0.3 is 6.18 Å². The number of hydrogen-bond donors (Lipinski definition) is 0. The highest BCUT2D eigenvalue weighted by molar-refractivity contribution is 5.81. The number of alkyl halides is 3. The fourth-order valence-corrected chi connectivity index (χ4v) is 1.90. The molecule has 118 valence electrons. The quantitative estimate of drug-likeness (QED) is 0.365. The van der Waals surface area contributed by atoms with E-state index in [0.29, 0.717) is 12.2 Å². The summed E-state index contributed by atoms with van der Waals surface area (Å²) >= 11 is 0.